The summed E-state index contributed by atoms with van der Waals surface area (Å²) in [6.07, 6.45) is 0. The Morgan fingerprint density at radius 3 is 2.55 bits per heavy atom. The van der Waals surface area contributed by atoms with Gasteiger partial charge in [0.25, 0.3) is 11.5 Å². The molecule has 0 aliphatic carbocycles. The molecule has 1 N–H and O–H groups in total. The number of para-hydroxylation sites is 1. The Kier molecular flexibility index (Phi) is 5.93. The molecule has 0 unspecified atom stereocenters. The van der Waals surface area contributed by atoms with Gasteiger partial charge in [-0.25, -0.2) is 9.18 Å². The van der Waals surface area contributed by atoms with Gasteiger partial charge in [0.2, 0.25) is 5.69 Å². The Labute approximate surface area is 170 Å². The summed E-state index contributed by atoms with van der Waals surface area (Å²) < 4.78 is 15.9. The molecule has 0 aliphatic heterocycles. The second-order valence-electron chi connectivity index (χ2n) is 6.64. The van der Waals surface area contributed by atoms with Crippen molar-refractivity contribution in [3.8, 4) is 5.69 Å². The van der Waals surface area contributed by atoms with Gasteiger partial charge in [-0.15, -0.1) is 0 Å². The van der Waals surface area contributed by atoms with Crippen LogP contribution in [0, 0.1) is 5.82 Å². The Bertz CT molecular complexity index is 1190. The highest BCUT2D eigenvalue weighted by Gasteiger charge is 2.22. The zero-order valence-corrected chi connectivity index (χ0v) is 16.5. The third kappa shape index (κ3) is 4.43. The van der Waals surface area contributed by atoms with Crippen LogP contribution in [0.5, 0.6) is 0 Å². The first-order chi connectivity index (χ1) is 13.8. The van der Waals surface area contributed by atoms with Crippen LogP contribution in [0.1, 0.15) is 29.9 Å². The smallest absolute Gasteiger partial charge is 0.348 e. The van der Waals surface area contributed by atoms with Crippen molar-refractivity contribution in [1.29, 1.82) is 0 Å². The van der Waals surface area contributed by atoms with Crippen molar-refractivity contribution in [1.82, 2.24) is 19.7 Å². The van der Waals surface area contributed by atoms with Crippen LogP contribution in [0.2, 0.25) is 5.02 Å². The van der Waals surface area contributed by atoms with Gasteiger partial charge in [0.05, 0.1) is 6.54 Å². The second-order valence-corrected chi connectivity index (χ2v) is 7.08. The lowest BCUT2D eigenvalue weighted by atomic mass is 10.2. The summed E-state index contributed by atoms with van der Waals surface area (Å²) in [7, 11) is 0. The topological polar surface area (TPSA) is 86.0 Å². The van der Waals surface area contributed by atoms with E-state index in [9.17, 15) is 18.8 Å². The summed E-state index contributed by atoms with van der Waals surface area (Å²) in [4.78, 5) is 38.3. The van der Waals surface area contributed by atoms with Gasteiger partial charge < -0.3 is 5.32 Å². The molecule has 0 aliphatic rings. The summed E-state index contributed by atoms with van der Waals surface area (Å²) >= 11 is 5.98. The van der Waals surface area contributed by atoms with Crippen LogP contribution < -0.4 is 16.6 Å². The number of nitrogens with zero attached hydrogens (tertiary/aromatic N) is 3. The summed E-state index contributed by atoms with van der Waals surface area (Å²) in [6.45, 7) is 3.28. The van der Waals surface area contributed by atoms with E-state index in [2.05, 4.69) is 10.4 Å². The molecule has 0 saturated heterocycles. The van der Waals surface area contributed by atoms with Gasteiger partial charge in [-0.05, 0) is 43.7 Å². The van der Waals surface area contributed by atoms with E-state index in [1.165, 1.54) is 18.2 Å². The van der Waals surface area contributed by atoms with E-state index >= 15 is 0 Å². The third-order valence-corrected chi connectivity index (χ3v) is 4.24. The highest BCUT2D eigenvalue weighted by molar-refractivity contribution is 6.30. The fourth-order valence-electron chi connectivity index (χ4n) is 2.73. The fourth-order valence-corrected chi connectivity index (χ4v) is 2.94. The minimum absolute atomic E-state index is 0.156. The van der Waals surface area contributed by atoms with E-state index in [4.69, 9.17) is 11.6 Å². The molecular formula is C20H18ClFN4O3. The lowest BCUT2D eigenvalue weighted by Gasteiger charge is -2.13. The minimum atomic E-state index is -0.874. The quantitative estimate of drug-likeness (QED) is 0.692. The Hall–Kier alpha value is -3.26. The first kappa shape index (κ1) is 20.5. The van der Waals surface area contributed by atoms with Crippen molar-refractivity contribution >= 4 is 17.5 Å². The maximum atomic E-state index is 14.3. The average Bonchev–Trinajstić information content (AvgIpc) is 2.65. The predicted octanol–water partition coefficient (Wildman–Crippen LogP) is 2.37. The van der Waals surface area contributed by atoms with Crippen molar-refractivity contribution in [3.63, 3.8) is 0 Å². The first-order valence-corrected chi connectivity index (χ1v) is 9.20. The molecule has 150 valence electrons. The van der Waals surface area contributed by atoms with Crippen molar-refractivity contribution in [3.05, 3.63) is 91.5 Å². The van der Waals surface area contributed by atoms with Crippen LogP contribution in [-0.2, 0) is 6.54 Å². The van der Waals surface area contributed by atoms with Gasteiger partial charge in [0.1, 0.15) is 11.5 Å². The van der Waals surface area contributed by atoms with E-state index in [1.807, 2.05) is 0 Å². The lowest BCUT2D eigenvalue weighted by Crippen LogP contribution is -2.47. The molecule has 1 amide bonds. The number of carbonyl (C=O) groups is 1. The average molecular weight is 417 g/mol. The van der Waals surface area contributed by atoms with Gasteiger partial charge in [-0.1, -0.05) is 35.9 Å². The summed E-state index contributed by atoms with van der Waals surface area (Å²) in [5.74, 6) is -1.47. The lowest BCUT2D eigenvalue weighted by molar-refractivity contribution is 0.0933. The SMILES string of the molecule is CC(C)NC(=O)c1nn(-c2ccccc2F)c(=O)n(Cc2cccc(Cl)c2)c1=O. The molecule has 29 heavy (non-hydrogen) atoms. The zero-order chi connectivity index (χ0) is 21.1. The van der Waals surface area contributed by atoms with Crippen LogP contribution in [0.15, 0.2) is 58.1 Å². The Morgan fingerprint density at radius 2 is 1.90 bits per heavy atom. The molecule has 0 bridgehead atoms. The predicted molar refractivity (Wildman–Crippen MR) is 107 cm³/mol. The van der Waals surface area contributed by atoms with E-state index in [0.717, 1.165) is 15.3 Å². The number of amides is 1. The van der Waals surface area contributed by atoms with Gasteiger partial charge in [-0.2, -0.15) is 9.78 Å². The highest BCUT2D eigenvalue weighted by atomic mass is 35.5. The van der Waals surface area contributed by atoms with Crippen LogP contribution in [0.3, 0.4) is 0 Å². The third-order valence-electron chi connectivity index (χ3n) is 4.01. The van der Waals surface area contributed by atoms with E-state index in [1.54, 1.807) is 38.1 Å². The Balaban J connectivity index is 2.24. The number of benzene rings is 2. The molecule has 1 aromatic heterocycles. The van der Waals surface area contributed by atoms with E-state index < -0.39 is 28.7 Å². The summed E-state index contributed by atoms with van der Waals surface area (Å²) in [5, 5.41) is 6.86. The van der Waals surface area contributed by atoms with Crippen LogP contribution in [-0.4, -0.2) is 26.3 Å². The molecule has 0 fully saturated rings. The maximum absolute atomic E-state index is 14.3. The minimum Gasteiger partial charge on any atom is -0.348 e. The van der Waals surface area contributed by atoms with Crippen LogP contribution >= 0.6 is 11.6 Å². The molecule has 0 radical (unpaired) electrons. The van der Waals surface area contributed by atoms with Gasteiger partial charge in [0.15, 0.2) is 0 Å². The van der Waals surface area contributed by atoms with E-state index in [0.29, 0.717) is 10.6 Å². The van der Waals surface area contributed by atoms with Crippen LogP contribution in [0.4, 0.5) is 4.39 Å². The molecule has 2 aromatic carbocycles. The number of aromatic nitrogens is 3. The fraction of sp³-hybridized carbons (Fsp3) is 0.200. The van der Waals surface area contributed by atoms with Crippen molar-refractivity contribution in [2.24, 2.45) is 0 Å². The molecule has 1 heterocycles. The standard InChI is InChI=1S/C20H18ClFN4O3/c1-12(2)23-18(27)17-19(28)25(11-13-6-5-7-14(21)10-13)20(29)26(24-17)16-9-4-3-8-15(16)22/h3-10,12H,11H2,1-2H3,(H,23,27). The number of halogens is 2. The number of hydrogen-bond acceptors (Lipinski definition) is 4. The van der Waals surface area contributed by atoms with Gasteiger partial charge in [0, 0.05) is 11.1 Å². The van der Waals surface area contributed by atoms with Gasteiger partial charge in [-0.3, -0.25) is 14.2 Å². The normalized spacial score (nSPS) is 10.9. The molecule has 7 nitrogen and oxygen atoms in total. The number of hydrogen-bond donors (Lipinski definition) is 1. The Morgan fingerprint density at radius 1 is 1.17 bits per heavy atom. The summed E-state index contributed by atoms with van der Waals surface area (Å²) in [5.41, 5.74) is -1.86. The monoisotopic (exact) mass is 416 g/mol. The molecule has 0 saturated carbocycles. The zero-order valence-electron chi connectivity index (χ0n) is 15.7. The molecule has 0 spiro atoms. The second kappa shape index (κ2) is 8.40. The molecule has 3 rings (SSSR count). The molecule has 3 aromatic rings. The maximum Gasteiger partial charge on any atom is 0.352 e. The number of carbonyl (C=O) groups excluding carboxylic acids is 1. The van der Waals surface area contributed by atoms with Crippen LogP contribution in [0.25, 0.3) is 5.69 Å². The van der Waals surface area contributed by atoms with Crippen molar-refractivity contribution < 1.29 is 9.18 Å². The molecule has 9 heteroatoms. The first-order valence-electron chi connectivity index (χ1n) is 8.82. The van der Waals surface area contributed by atoms with Gasteiger partial charge >= 0.3 is 5.69 Å². The van der Waals surface area contributed by atoms with Crippen molar-refractivity contribution in [2.45, 2.75) is 26.4 Å². The number of nitrogens with one attached hydrogen (secondary N) is 1. The number of rotatable bonds is 5. The van der Waals surface area contributed by atoms with E-state index in [-0.39, 0.29) is 18.3 Å². The summed E-state index contributed by atoms with van der Waals surface area (Å²) in [6, 6.07) is 11.8. The highest BCUT2D eigenvalue weighted by Crippen LogP contribution is 2.12. The molecule has 0 atom stereocenters. The molecular weight excluding hydrogens is 399 g/mol. The van der Waals surface area contributed by atoms with Crippen molar-refractivity contribution in [2.75, 3.05) is 0 Å². The largest absolute Gasteiger partial charge is 0.352 e.